The van der Waals surface area contributed by atoms with Crippen molar-refractivity contribution in [3.8, 4) is 0 Å². The van der Waals surface area contributed by atoms with Crippen molar-refractivity contribution >= 4 is 27.3 Å². The first-order valence-electron chi connectivity index (χ1n) is 6.61. The summed E-state index contributed by atoms with van der Waals surface area (Å²) in [4.78, 5) is 0. The molecule has 0 saturated heterocycles. The summed E-state index contributed by atoms with van der Waals surface area (Å²) < 4.78 is 39.4. The molecule has 0 bridgehead atoms. The summed E-state index contributed by atoms with van der Waals surface area (Å²) in [5.41, 5.74) is -0.182. The zero-order valence-electron chi connectivity index (χ0n) is 11.5. The molecular formula is C13H20ClFN2O2S. The van der Waals surface area contributed by atoms with Gasteiger partial charge in [-0.3, -0.25) is 4.72 Å². The van der Waals surface area contributed by atoms with Gasteiger partial charge in [0, 0.05) is 0 Å². The van der Waals surface area contributed by atoms with E-state index >= 15 is 0 Å². The van der Waals surface area contributed by atoms with Crippen LogP contribution in [0.5, 0.6) is 0 Å². The standard InChI is InChI=1S/C13H20ClFN2O2S/c1-2-8-16-9-3-4-10-20(18,19)17-13-11(14)6-5-7-12(13)15/h5-7,16-17H,2-4,8-10H2,1H3. The van der Waals surface area contributed by atoms with E-state index in [1.54, 1.807) is 0 Å². The van der Waals surface area contributed by atoms with Gasteiger partial charge in [0.05, 0.1) is 10.8 Å². The minimum atomic E-state index is -3.57. The Labute approximate surface area is 124 Å². The molecule has 20 heavy (non-hydrogen) atoms. The molecule has 0 saturated carbocycles. The van der Waals surface area contributed by atoms with Gasteiger partial charge in [0.2, 0.25) is 10.0 Å². The van der Waals surface area contributed by atoms with Gasteiger partial charge in [-0.05, 0) is 44.5 Å². The normalized spacial score (nSPS) is 11.6. The maximum absolute atomic E-state index is 13.5. The lowest BCUT2D eigenvalue weighted by Gasteiger charge is -2.10. The number of benzene rings is 1. The highest BCUT2D eigenvalue weighted by Crippen LogP contribution is 2.25. The van der Waals surface area contributed by atoms with Crippen LogP contribution in [0.3, 0.4) is 0 Å². The second-order valence-electron chi connectivity index (χ2n) is 4.47. The molecular weight excluding hydrogens is 303 g/mol. The Kier molecular flexibility index (Phi) is 7.26. The molecule has 1 aromatic rings. The van der Waals surface area contributed by atoms with E-state index in [0.29, 0.717) is 6.42 Å². The van der Waals surface area contributed by atoms with E-state index in [4.69, 9.17) is 11.6 Å². The zero-order valence-corrected chi connectivity index (χ0v) is 13.0. The lowest BCUT2D eigenvalue weighted by molar-refractivity contribution is 0.588. The Morgan fingerprint density at radius 1 is 1.25 bits per heavy atom. The topological polar surface area (TPSA) is 58.2 Å². The third kappa shape index (κ3) is 6.07. The van der Waals surface area contributed by atoms with Gasteiger partial charge < -0.3 is 5.32 Å². The van der Waals surface area contributed by atoms with Crippen LogP contribution in [-0.4, -0.2) is 27.3 Å². The molecule has 0 heterocycles. The van der Waals surface area contributed by atoms with E-state index in [2.05, 4.69) is 17.0 Å². The van der Waals surface area contributed by atoms with Crippen LogP contribution in [-0.2, 0) is 10.0 Å². The second kappa shape index (κ2) is 8.44. The van der Waals surface area contributed by atoms with Crippen LogP contribution in [0.2, 0.25) is 5.02 Å². The van der Waals surface area contributed by atoms with E-state index in [1.165, 1.54) is 18.2 Å². The summed E-state index contributed by atoms with van der Waals surface area (Å²) >= 11 is 5.78. The smallest absolute Gasteiger partial charge is 0.232 e. The van der Waals surface area contributed by atoms with Crippen LogP contribution in [0.15, 0.2) is 18.2 Å². The molecule has 114 valence electrons. The highest BCUT2D eigenvalue weighted by Gasteiger charge is 2.15. The molecule has 0 atom stereocenters. The first kappa shape index (κ1) is 17.2. The summed E-state index contributed by atoms with van der Waals surface area (Å²) in [5.74, 6) is -0.725. The van der Waals surface area contributed by atoms with Crippen molar-refractivity contribution in [1.82, 2.24) is 5.32 Å². The Hall–Kier alpha value is -0.850. The molecule has 1 rings (SSSR count). The van der Waals surface area contributed by atoms with Gasteiger partial charge in [-0.1, -0.05) is 24.6 Å². The van der Waals surface area contributed by atoms with Crippen molar-refractivity contribution in [2.75, 3.05) is 23.6 Å². The summed E-state index contributed by atoms with van der Waals surface area (Å²) in [7, 11) is -3.57. The molecule has 1 aromatic carbocycles. The predicted molar refractivity (Wildman–Crippen MR) is 81.2 cm³/mol. The quantitative estimate of drug-likeness (QED) is 0.687. The average Bonchev–Trinajstić information content (AvgIpc) is 2.38. The van der Waals surface area contributed by atoms with Crippen LogP contribution >= 0.6 is 11.6 Å². The van der Waals surface area contributed by atoms with Crippen molar-refractivity contribution < 1.29 is 12.8 Å². The second-order valence-corrected chi connectivity index (χ2v) is 6.72. The Bertz CT molecular complexity index is 503. The van der Waals surface area contributed by atoms with E-state index in [9.17, 15) is 12.8 Å². The fraction of sp³-hybridized carbons (Fsp3) is 0.538. The van der Waals surface area contributed by atoms with Gasteiger partial charge in [-0.15, -0.1) is 0 Å². The molecule has 0 spiro atoms. The number of rotatable bonds is 9. The maximum atomic E-state index is 13.5. The fourth-order valence-electron chi connectivity index (χ4n) is 1.65. The molecule has 0 fully saturated rings. The van der Waals surface area contributed by atoms with E-state index < -0.39 is 15.8 Å². The molecule has 0 radical (unpaired) electrons. The average molecular weight is 323 g/mol. The summed E-state index contributed by atoms with van der Waals surface area (Å²) in [6.45, 7) is 3.78. The number of hydrogen-bond donors (Lipinski definition) is 2. The fourth-order valence-corrected chi connectivity index (χ4v) is 3.12. The number of hydrogen-bond acceptors (Lipinski definition) is 3. The SMILES string of the molecule is CCCNCCCCS(=O)(=O)Nc1c(F)cccc1Cl. The minimum Gasteiger partial charge on any atom is -0.317 e. The number of anilines is 1. The third-order valence-corrected chi connectivity index (χ3v) is 4.32. The molecule has 0 aliphatic carbocycles. The first-order chi connectivity index (χ1) is 9.46. The van der Waals surface area contributed by atoms with E-state index in [-0.39, 0.29) is 16.5 Å². The molecule has 0 aliphatic rings. The lowest BCUT2D eigenvalue weighted by atomic mass is 10.3. The van der Waals surface area contributed by atoms with Gasteiger partial charge in [0.25, 0.3) is 0 Å². The Morgan fingerprint density at radius 3 is 2.65 bits per heavy atom. The summed E-state index contributed by atoms with van der Waals surface area (Å²) in [6, 6.07) is 4.03. The molecule has 0 unspecified atom stereocenters. The number of para-hydroxylation sites is 1. The van der Waals surface area contributed by atoms with Crippen LogP contribution in [0.25, 0.3) is 0 Å². The Balaban J connectivity index is 2.46. The highest BCUT2D eigenvalue weighted by atomic mass is 35.5. The number of nitrogens with one attached hydrogen (secondary N) is 2. The molecule has 0 amide bonds. The predicted octanol–water partition coefficient (Wildman–Crippen LogP) is 3.00. The van der Waals surface area contributed by atoms with Gasteiger partial charge >= 0.3 is 0 Å². The summed E-state index contributed by atoms with van der Waals surface area (Å²) in [6.07, 6.45) is 2.32. The number of unbranched alkanes of at least 4 members (excludes halogenated alkanes) is 1. The van der Waals surface area contributed by atoms with Crippen LogP contribution in [0.1, 0.15) is 26.2 Å². The molecule has 4 nitrogen and oxygen atoms in total. The van der Waals surface area contributed by atoms with Gasteiger partial charge in [-0.2, -0.15) is 0 Å². The van der Waals surface area contributed by atoms with Crippen molar-refractivity contribution in [2.45, 2.75) is 26.2 Å². The van der Waals surface area contributed by atoms with Crippen LogP contribution < -0.4 is 10.0 Å². The highest BCUT2D eigenvalue weighted by molar-refractivity contribution is 7.92. The molecule has 7 heteroatoms. The zero-order chi connectivity index (χ0) is 15.0. The first-order valence-corrected chi connectivity index (χ1v) is 8.64. The van der Waals surface area contributed by atoms with Crippen molar-refractivity contribution in [3.05, 3.63) is 29.0 Å². The maximum Gasteiger partial charge on any atom is 0.232 e. The largest absolute Gasteiger partial charge is 0.317 e. The van der Waals surface area contributed by atoms with Crippen LogP contribution in [0, 0.1) is 5.82 Å². The van der Waals surface area contributed by atoms with Gasteiger partial charge in [-0.25, -0.2) is 12.8 Å². The van der Waals surface area contributed by atoms with Crippen LogP contribution in [0.4, 0.5) is 10.1 Å². The molecule has 0 aliphatic heterocycles. The van der Waals surface area contributed by atoms with E-state index in [0.717, 1.165) is 25.9 Å². The monoisotopic (exact) mass is 322 g/mol. The number of sulfonamides is 1. The van der Waals surface area contributed by atoms with E-state index in [1.807, 2.05) is 0 Å². The third-order valence-electron chi connectivity index (χ3n) is 2.66. The van der Waals surface area contributed by atoms with Gasteiger partial charge in [0.1, 0.15) is 11.5 Å². The van der Waals surface area contributed by atoms with Crippen molar-refractivity contribution in [1.29, 1.82) is 0 Å². The Morgan fingerprint density at radius 2 is 2.00 bits per heavy atom. The molecule has 0 aromatic heterocycles. The molecule has 2 N–H and O–H groups in total. The number of halogens is 2. The summed E-state index contributed by atoms with van der Waals surface area (Å²) in [5, 5.41) is 3.25. The minimum absolute atomic E-state index is 0.0501. The van der Waals surface area contributed by atoms with Crippen molar-refractivity contribution in [3.63, 3.8) is 0 Å². The lowest BCUT2D eigenvalue weighted by Crippen LogP contribution is -2.20. The van der Waals surface area contributed by atoms with Crippen molar-refractivity contribution in [2.24, 2.45) is 0 Å². The van der Waals surface area contributed by atoms with Gasteiger partial charge in [0.15, 0.2) is 0 Å².